The molecule has 0 atom stereocenters. The van der Waals surface area contributed by atoms with E-state index in [1.54, 1.807) is 0 Å². The maximum Gasteiger partial charge on any atom is 0.325 e. The van der Waals surface area contributed by atoms with Gasteiger partial charge in [-0.15, -0.1) is 0 Å². The van der Waals surface area contributed by atoms with E-state index in [0.717, 1.165) is 0 Å². The lowest BCUT2D eigenvalue weighted by atomic mass is 9.83. The number of carboxylic acid groups (broad SMARTS) is 4. The van der Waals surface area contributed by atoms with Crippen LogP contribution >= 0.6 is 0 Å². The molecule has 28 heavy (non-hydrogen) atoms. The molecule has 0 radical (unpaired) electrons. The topological polar surface area (TPSA) is 186 Å². The van der Waals surface area contributed by atoms with Crippen LogP contribution in [-0.4, -0.2) is 82.3 Å². The Labute approximate surface area is 157 Å². The lowest BCUT2D eigenvalue weighted by Gasteiger charge is -2.51. The summed E-state index contributed by atoms with van der Waals surface area (Å²) in [7, 11) is 0. The molecule has 0 amide bonds. The first-order chi connectivity index (χ1) is 13.0. The van der Waals surface area contributed by atoms with Gasteiger partial charge >= 0.3 is 23.9 Å². The molecule has 3 aliphatic rings. The van der Waals surface area contributed by atoms with Gasteiger partial charge in [0.25, 0.3) is 0 Å². The smallest absolute Gasteiger partial charge is 0.325 e. The fourth-order valence-electron chi connectivity index (χ4n) is 3.45. The van der Waals surface area contributed by atoms with Crippen LogP contribution in [0.3, 0.4) is 0 Å². The van der Waals surface area contributed by atoms with Crippen LogP contribution in [0.1, 0.15) is 25.7 Å². The zero-order valence-electron chi connectivity index (χ0n) is 14.7. The lowest BCUT2D eigenvalue weighted by molar-refractivity contribution is -0.361. The quantitative estimate of drug-likeness (QED) is 0.435. The highest BCUT2D eigenvalue weighted by atomic mass is 16.7. The number of hydrogen-bond acceptors (Lipinski definition) is 8. The van der Waals surface area contributed by atoms with Gasteiger partial charge < -0.3 is 39.4 Å². The van der Waals surface area contributed by atoms with Gasteiger partial charge in [0.05, 0.1) is 26.4 Å². The van der Waals surface area contributed by atoms with Crippen molar-refractivity contribution >= 4 is 23.9 Å². The second-order valence-electron chi connectivity index (χ2n) is 7.36. The molecule has 3 fully saturated rings. The maximum absolute atomic E-state index is 11.3. The van der Waals surface area contributed by atoms with E-state index in [9.17, 15) is 39.6 Å². The molecule has 1 saturated carbocycles. The highest BCUT2D eigenvalue weighted by molar-refractivity contribution is 5.99. The van der Waals surface area contributed by atoms with E-state index in [0.29, 0.717) is 0 Å². The van der Waals surface area contributed by atoms with Gasteiger partial charge in [-0.1, -0.05) is 0 Å². The van der Waals surface area contributed by atoms with Crippen molar-refractivity contribution in [1.29, 1.82) is 0 Å². The van der Waals surface area contributed by atoms with Crippen LogP contribution in [0, 0.1) is 10.8 Å². The van der Waals surface area contributed by atoms with Gasteiger partial charge in [0.1, 0.15) is 0 Å². The van der Waals surface area contributed by atoms with Crippen molar-refractivity contribution in [2.75, 3.05) is 26.4 Å². The van der Waals surface area contributed by atoms with E-state index < -0.39 is 72.7 Å². The molecular weight excluding hydrogens is 384 g/mol. The van der Waals surface area contributed by atoms with E-state index >= 15 is 0 Å². The number of rotatable bonds is 4. The molecule has 12 nitrogen and oxygen atoms in total. The molecule has 12 heteroatoms. The molecule has 4 N–H and O–H groups in total. The van der Waals surface area contributed by atoms with E-state index in [1.165, 1.54) is 0 Å². The molecule has 2 aliphatic heterocycles. The summed E-state index contributed by atoms with van der Waals surface area (Å²) in [6.07, 6.45) is 0.704. The van der Waals surface area contributed by atoms with Gasteiger partial charge in [-0.25, -0.2) is 0 Å². The van der Waals surface area contributed by atoms with E-state index in [4.69, 9.17) is 18.9 Å². The van der Waals surface area contributed by atoms with E-state index in [-0.39, 0.29) is 25.7 Å². The summed E-state index contributed by atoms with van der Waals surface area (Å²) in [5, 5.41) is 36.8. The Bertz CT molecular complexity index is 592. The summed E-state index contributed by atoms with van der Waals surface area (Å²) in [4.78, 5) is 45.3. The Kier molecular flexibility index (Phi) is 4.86. The number of carboxylic acids is 4. The van der Waals surface area contributed by atoms with Gasteiger partial charge in [0, 0.05) is 25.7 Å². The average Bonchev–Trinajstić information content (AvgIpc) is 2.65. The zero-order valence-corrected chi connectivity index (χ0v) is 14.7. The van der Waals surface area contributed by atoms with Crippen molar-refractivity contribution in [3.63, 3.8) is 0 Å². The summed E-state index contributed by atoms with van der Waals surface area (Å²) < 4.78 is 22.1. The fourth-order valence-corrected chi connectivity index (χ4v) is 3.45. The van der Waals surface area contributed by atoms with E-state index in [1.807, 2.05) is 0 Å². The molecule has 3 rings (SSSR count). The summed E-state index contributed by atoms with van der Waals surface area (Å²) in [6.45, 7) is -2.25. The first-order valence-electron chi connectivity index (χ1n) is 8.51. The van der Waals surface area contributed by atoms with Crippen LogP contribution in [0.2, 0.25) is 0 Å². The highest BCUT2D eigenvalue weighted by Gasteiger charge is 2.60. The van der Waals surface area contributed by atoms with Crippen molar-refractivity contribution in [2.24, 2.45) is 10.8 Å². The first-order valence-corrected chi connectivity index (χ1v) is 8.51. The van der Waals surface area contributed by atoms with Crippen molar-refractivity contribution in [3.05, 3.63) is 0 Å². The third-order valence-electron chi connectivity index (χ3n) is 5.74. The third kappa shape index (κ3) is 3.02. The van der Waals surface area contributed by atoms with Crippen molar-refractivity contribution in [2.45, 2.75) is 37.3 Å². The Morgan fingerprint density at radius 3 is 0.893 bits per heavy atom. The molecule has 2 heterocycles. The van der Waals surface area contributed by atoms with Gasteiger partial charge in [0.15, 0.2) is 11.6 Å². The normalized spacial score (nSPS) is 27.1. The first kappa shape index (κ1) is 20.5. The number of ether oxygens (including phenoxy) is 4. The summed E-state index contributed by atoms with van der Waals surface area (Å²) in [5.74, 6) is -8.61. The standard InChI is InChI=1S/C16H20O12/c17-9(18)13(10(19)20)5-25-15(26-6-13)1-2-16(4-3-15)27-7-14(8-28-16,11(21)22)12(23)24/h1-8H2,(H,17,18)(H,19,20)(H,21,22)(H,23,24). The largest absolute Gasteiger partial charge is 0.480 e. The lowest BCUT2D eigenvalue weighted by Crippen LogP contribution is -2.61. The SMILES string of the molecule is O=C(O)C1(C(=O)O)COC2(CCC3(CC2)OCC(C(=O)O)(C(=O)O)CO3)OC1. The minimum Gasteiger partial charge on any atom is -0.480 e. The Morgan fingerprint density at radius 1 is 0.500 bits per heavy atom. The molecule has 2 spiro atoms. The summed E-state index contributed by atoms with van der Waals surface area (Å²) in [5.41, 5.74) is -4.36. The van der Waals surface area contributed by atoms with Gasteiger partial charge in [0.2, 0.25) is 10.8 Å². The number of aliphatic carboxylic acids is 4. The van der Waals surface area contributed by atoms with Gasteiger partial charge in [-0.05, 0) is 0 Å². The molecule has 2 saturated heterocycles. The molecule has 1 aliphatic carbocycles. The van der Waals surface area contributed by atoms with Gasteiger partial charge in [-0.3, -0.25) is 19.2 Å². The fraction of sp³-hybridized carbons (Fsp3) is 0.750. The predicted octanol–water partition coefficient (Wildman–Crippen LogP) is -0.642. The number of carbonyl (C=O) groups is 4. The monoisotopic (exact) mass is 404 g/mol. The average molecular weight is 404 g/mol. The van der Waals surface area contributed by atoms with Crippen LogP contribution in [0.15, 0.2) is 0 Å². The molecule has 0 unspecified atom stereocenters. The summed E-state index contributed by atoms with van der Waals surface area (Å²) in [6, 6.07) is 0. The maximum atomic E-state index is 11.3. The van der Waals surface area contributed by atoms with Gasteiger partial charge in [-0.2, -0.15) is 0 Å². The molecule has 0 bridgehead atoms. The second kappa shape index (κ2) is 6.65. The molecule has 0 aromatic rings. The van der Waals surface area contributed by atoms with Crippen LogP contribution < -0.4 is 0 Å². The Morgan fingerprint density at radius 2 is 0.714 bits per heavy atom. The van der Waals surface area contributed by atoms with Crippen LogP contribution in [0.5, 0.6) is 0 Å². The van der Waals surface area contributed by atoms with Crippen molar-refractivity contribution < 1.29 is 58.6 Å². The number of hydrogen-bond donors (Lipinski definition) is 4. The second-order valence-corrected chi connectivity index (χ2v) is 7.36. The summed E-state index contributed by atoms with van der Waals surface area (Å²) >= 11 is 0. The minimum absolute atomic E-state index is 0.176. The van der Waals surface area contributed by atoms with Crippen LogP contribution in [0.25, 0.3) is 0 Å². The zero-order chi connectivity index (χ0) is 20.8. The van der Waals surface area contributed by atoms with Crippen LogP contribution in [-0.2, 0) is 38.1 Å². The molecule has 0 aromatic heterocycles. The third-order valence-corrected chi connectivity index (χ3v) is 5.74. The Hall–Kier alpha value is -2.28. The highest BCUT2D eigenvalue weighted by Crippen LogP contribution is 2.47. The van der Waals surface area contributed by atoms with E-state index in [2.05, 4.69) is 0 Å². The predicted molar refractivity (Wildman–Crippen MR) is 83.1 cm³/mol. The molecular formula is C16H20O12. The van der Waals surface area contributed by atoms with Crippen molar-refractivity contribution in [1.82, 2.24) is 0 Å². The van der Waals surface area contributed by atoms with Crippen LogP contribution in [0.4, 0.5) is 0 Å². The Balaban J connectivity index is 1.63. The molecule has 0 aromatic carbocycles. The minimum atomic E-state index is -2.18. The molecule has 156 valence electrons. The van der Waals surface area contributed by atoms with Crippen molar-refractivity contribution in [3.8, 4) is 0 Å².